The number of rotatable bonds is 2. The Morgan fingerprint density at radius 3 is 2.10 bits per heavy atom. The normalized spacial score (nSPS) is 23.0. The van der Waals surface area contributed by atoms with Crippen molar-refractivity contribution in [1.82, 2.24) is 9.80 Å². The van der Waals surface area contributed by atoms with Crippen LogP contribution in [0.1, 0.15) is 46.0 Å². The lowest BCUT2D eigenvalue weighted by Crippen LogP contribution is -2.54. The number of hydrogen-bond acceptors (Lipinski definition) is 3. The van der Waals surface area contributed by atoms with Crippen LogP contribution >= 0.6 is 0 Å². The van der Waals surface area contributed by atoms with Crippen molar-refractivity contribution in [2.24, 2.45) is 11.7 Å². The van der Waals surface area contributed by atoms with E-state index in [4.69, 9.17) is 5.73 Å². The minimum Gasteiger partial charge on any atom is -0.341 e. The minimum absolute atomic E-state index is 0.0212. The van der Waals surface area contributed by atoms with Crippen LogP contribution in [0.2, 0.25) is 0 Å². The van der Waals surface area contributed by atoms with Gasteiger partial charge in [-0.1, -0.05) is 26.7 Å². The molecular weight excluding hydrogens is 254 g/mol. The molecule has 0 bridgehead atoms. The molecule has 1 heterocycles. The molecule has 5 nitrogen and oxygen atoms in total. The van der Waals surface area contributed by atoms with Gasteiger partial charge in [0.05, 0.1) is 5.54 Å². The van der Waals surface area contributed by atoms with Crippen LogP contribution in [0.5, 0.6) is 0 Å². The van der Waals surface area contributed by atoms with Crippen molar-refractivity contribution in [3.05, 3.63) is 0 Å². The summed E-state index contributed by atoms with van der Waals surface area (Å²) >= 11 is 0. The lowest BCUT2D eigenvalue weighted by atomic mass is 9.97. The summed E-state index contributed by atoms with van der Waals surface area (Å²) in [5.74, 6) is 0.296. The Balaban J connectivity index is 1.96. The summed E-state index contributed by atoms with van der Waals surface area (Å²) in [6.45, 7) is 6.57. The molecule has 0 atom stereocenters. The predicted octanol–water partition coefficient (Wildman–Crippen LogP) is 0.975. The van der Waals surface area contributed by atoms with Crippen LogP contribution in [-0.2, 0) is 9.59 Å². The van der Waals surface area contributed by atoms with Gasteiger partial charge in [0.1, 0.15) is 0 Å². The summed E-state index contributed by atoms with van der Waals surface area (Å²) in [6, 6.07) is 0. The van der Waals surface area contributed by atoms with Gasteiger partial charge in [-0.05, 0) is 19.3 Å². The van der Waals surface area contributed by atoms with E-state index < -0.39 is 5.54 Å². The SMILES string of the molecule is CC(C)C(=O)N1CCCN(C(=O)C2(N)CCCC2)CC1. The molecule has 2 amide bonds. The maximum absolute atomic E-state index is 12.6. The number of nitrogens with zero attached hydrogens (tertiary/aromatic N) is 2. The molecule has 2 aliphatic rings. The van der Waals surface area contributed by atoms with E-state index in [9.17, 15) is 9.59 Å². The number of carbonyl (C=O) groups excluding carboxylic acids is 2. The molecule has 0 radical (unpaired) electrons. The summed E-state index contributed by atoms with van der Waals surface area (Å²) in [5, 5.41) is 0. The molecular formula is C15H27N3O2. The summed E-state index contributed by atoms with van der Waals surface area (Å²) in [5.41, 5.74) is 5.61. The highest BCUT2D eigenvalue weighted by Crippen LogP contribution is 2.29. The second-order valence-corrected chi connectivity index (χ2v) is 6.49. The first-order valence-electron chi connectivity index (χ1n) is 7.81. The Labute approximate surface area is 121 Å². The third-order valence-corrected chi connectivity index (χ3v) is 4.51. The van der Waals surface area contributed by atoms with Crippen LogP contribution in [0, 0.1) is 5.92 Å². The summed E-state index contributed by atoms with van der Waals surface area (Å²) < 4.78 is 0. The topological polar surface area (TPSA) is 66.6 Å². The molecule has 1 saturated carbocycles. The fourth-order valence-corrected chi connectivity index (χ4v) is 3.24. The highest BCUT2D eigenvalue weighted by atomic mass is 16.2. The second-order valence-electron chi connectivity index (χ2n) is 6.49. The quantitative estimate of drug-likeness (QED) is 0.820. The minimum atomic E-state index is -0.642. The molecule has 0 unspecified atom stereocenters. The van der Waals surface area contributed by atoms with Gasteiger partial charge in [-0.3, -0.25) is 9.59 Å². The molecule has 0 aromatic rings. The van der Waals surface area contributed by atoms with Crippen molar-refractivity contribution < 1.29 is 9.59 Å². The highest BCUT2D eigenvalue weighted by molar-refractivity contribution is 5.86. The molecule has 0 aromatic heterocycles. The molecule has 0 aromatic carbocycles. The zero-order valence-electron chi connectivity index (χ0n) is 12.7. The van der Waals surface area contributed by atoms with Crippen molar-refractivity contribution in [3.63, 3.8) is 0 Å². The zero-order chi connectivity index (χ0) is 14.8. The number of carbonyl (C=O) groups is 2. The summed E-state index contributed by atoms with van der Waals surface area (Å²) in [4.78, 5) is 28.4. The average Bonchev–Trinajstić information content (AvgIpc) is 2.73. The van der Waals surface area contributed by atoms with E-state index in [1.807, 2.05) is 23.6 Å². The van der Waals surface area contributed by atoms with Crippen LogP contribution in [0.25, 0.3) is 0 Å². The molecule has 20 heavy (non-hydrogen) atoms. The smallest absolute Gasteiger partial charge is 0.242 e. The molecule has 2 rings (SSSR count). The van der Waals surface area contributed by atoms with Gasteiger partial charge < -0.3 is 15.5 Å². The molecule has 2 N–H and O–H groups in total. The summed E-state index contributed by atoms with van der Waals surface area (Å²) in [6.07, 6.45) is 4.55. The first kappa shape index (κ1) is 15.3. The van der Waals surface area contributed by atoms with Crippen LogP contribution in [-0.4, -0.2) is 53.3 Å². The van der Waals surface area contributed by atoms with Crippen LogP contribution in [0.3, 0.4) is 0 Å². The zero-order valence-corrected chi connectivity index (χ0v) is 12.7. The predicted molar refractivity (Wildman–Crippen MR) is 78.0 cm³/mol. The van der Waals surface area contributed by atoms with E-state index in [2.05, 4.69) is 0 Å². The molecule has 1 aliphatic carbocycles. The van der Waals surface area contributed by atoms with E-state index in [0.29, 0.717) is 13.1 Å². The van der Waals surface area contributed by atoms with Crippen molar-refractivity contribution in [1.29, 1.82) is 0 Å². The van der Waals surface area contributed by atoms with Gasteiger partial charge in [-0.25, -0.2) is 0 Å². The number of nitrogens with two attached hydrogens (primary N) is 1. The van der Waals surface area contributed by atoms with E-state index in [0.717, 1.165) is 45.2 Å². The molecule has 2 fully saturated rings. The molecule has 5 heteroatoms. The Morgan fingerprint density at radius 2 is 1.50 bits per heavy atom. The summed E-state index contributed by atoms with van der Waals surface area (Å²) in [7, 11) is 0. The van der Waals surface area contributed by atoms with Gasteiger partial charge in [0.2, 0.25) is 11.8 Å². The van der Waals surface area contributed by atoms with Crippen molar-refractivity contribution in [2.75, 3.05) is 26.2 Å². The molecule has 1 aliphatic heterocycles. The third kappa shape index (κ3) is 3.14. The first-order valence-corrected chi connectivity index (χ1v) is 7.81. The number of hydrogen-bond donors (Lipinski definition) is 1. The van der Waals surface area contributed by atoms with Crippen molar-refractivity contribution in [2.45, 2.75) is 51.5 Å². The van der Waals surface area contributed by atoms with Crippen LogP contribution in [0.4, 0.5) is 0 Å². The monoisotopic (exact) mass is 281 g/mol. The first-order chi connectivity index (χ1) is 9.44. The maximum Gasteiger partial charge on any atom is 0.242 e. The standard InChI is InChI=1S/C15H27N3O2/c1-12(2)13(19)17-8-5-9-18(11-10-17)14(20)15(16)6-3-4-7-15/h12H,3-11,16H2,1-2H3. The fraction of sp³-hybridized carbons (Fsp3) is 0.867. The molecule has 1 saturated heterocycles. The van der Waals surface area contributed by atoms with E-state index in [1.165, 1.54) is 0 Å². The lowest BCUT2D eigenvalue weighted by molar-refractivity contribution is -0.138. The average molecular weight is 281 g/mol. The van der Waals surface area contributed by atoms with Gasteiger partial charge in [0, 0.05) is 32.1 Å². The Kier molecular flexibility index (Phi) is 4.68. The van der Waals surface area contributed by atoms with Crippen LogP contribution < -0.4 is 5.73 Å². The van der Waals surface area contributed by atoms with Gasteiger partial charge in [0.25, 0.3) is 0 Å². The van der Waals surface area contributed by atoms with Crippen molar-refractivity contribution >= 4 is 11.8 Å². The van der Waals surface area contributed by atoms with Crippen LogP contribution in [0.15, 0.2) is 0 Å². The van der Waals surface area contributed by atoms with Gasteiger partial charge >= 0.3 is 0 Å². The Bertz CT molecular complexity index is 375. The van der Waals surface area contributed by atoms with E-state index >= 15 is 0 Å². The van der Waals surface area contributed by atoms with Crippen molar-refractivity contribution in [3.8, 4) is 0 Å². The van der Waals surface area contributed by atoms with Gasteiger partial charge in [-0.2, -0.15) is 0 Å². The third-order valence-electron chi connectivity index (χ3n) is 4.51. The van der Waals surface area contributed by atoms with E-state index in [-0.39, 0.29) is 17.7 Å². The largest absolute Gasteiger partial charge is 0.341 e. The Hall–Kier alpha value is -1.10. The Morgan fingerprint density at radius 1 is 0.950 bits per heavy atom. The lowest BCUT2D eigenvalue weighted by Gasteiger charge is -2.30. The second kappa shape index (κ2) is 6.12. The molecule has 0 spiro atoms. The fourth-order valence-electron chi connectivity index (χ4n) is 3.24. The highest BCUT2D eigenvalue weighted by Gasteiger charge is 2.40. The maximum atomic E-state index is 12.6. The van der Waals surface area contributed by atoms with Gasteiger partial charge in [-0.15, -0.1) is 0 Å². The van der Waals surface area contributed by atoms with E-state index in [1.54, 1.807) is 0 Å². The van der Waals surface area contributed by atoms with Gasteiger partial charge in [0.15, 0.2) is 0 Å². The molecule has 114 valence electrons. The number of amides is 2.